The van der Waals surface area contributed by atoms with E-state index in [0.717, 1.165) is 19.8 Å². The average Bonchev–Trinajstić information content (AvgIpc) is 1.96. The molecule has 2 N–H and O–H groups in total. The van der Waals surface area contributed by atoms with Crippen LogP contribution in [0.4, 0.5) is 0 Å². The van der Waals surface area contributed by atoms with Crippen molar-refractivity contribution in [3.63, 3.8) is 0 Å². The summed E-state index contributed by atoms with van der Waals surface area (Å²) in [6, 6.07) is 0. The lowest BCUT2D eigenvalue weighted by molar-refractivity contribution is -0.125. The summed E-state index contributed by atoms with van der Waals surface area (Å²) in [6.07, 6.45) is 2.47. The van der Waals surface area contributed by atoms with Crippen LogP contribution < -0.4 is 5.73 Å². The van der Waals surface area contributed by atoms with Gasteiger partial charge in [0.1, 0.15) is 0 Å². The van der Waals surface area contributed by atoms with Crippen LogP contribution in [-0.4, -0.2) is 19.8 Å². The first-order valence-corrected chi connectivity index (χ1v) is 4.50. The van der Waals surface area contributed by atoms with Gasteiger partial charge in [-0.25, -0.2) is 0 Å². The molecule has 1 unspecified atom stereocenters. The molecule has 0 amide bonds. The summed E-state index contributed by atoms with van der Waals surface area (Å²) in [4.78, 5) is 0. The van der Waals surface area contributed by atoms with Crippen LogP contribution in [0, 0.1) is 11.3 Å². The van der Waals surface area contributed by atoms with Gasteiger partial charge < -0.3 is 10.5 Å². The molecule has 0 spiro atoms. The molecule has 1 atom stereocenters. The molecule has 1 aliphatic rings. The molecule has 2 heteroatoms. The topological polar surface area (TPSA) is 35.2 Å². The van der Waals surface area contributed by atoms with Gasteiger partial charge in [-0.15, -0.1) is 0 Å². The standard InChI is InChI=1S/C9H19NO/c1-3-9(6-11-7-9)4-8(2)5-10/h8H,3-7,10H2,1-2H3. The highest BCUT2D eigenvalue weighted by Crippen LogP contribution is 2.37. The highest BCUT2D eigenvalue weighted by Gasteiger charge is 2.37. The fourth-order valence-electron chi connectivity index (χ4n) is 1.68. The smallest absolute Gasteiger partial charge is 0.0544 e. The molecule has 0 aromatic rings. The maximum atomic E-state index is 5.57. The minimum Gasteiger partial charge on any atom is -0.380 e. The number of nitrogens with two attached hydrogens (primary N) is 1. The van der Waals surface area contributed by atoms with Crippen LogP contribution in [0.3, 0.4) is 0 Å². The number of ether oxygens (including phenoxy) is 1. The van der Waals surface area contributed by atoms with Gasteiger partial charge in [-0.3, -0.25) is 0 Å². The summed E-state index contributed by atoms with van der Waals surface area (Å²) in [5, 5.41) is 0. The van der Waals surface area contributed by atoms with Gasteiger partial charge in [-0.05, 0) is 25.3 Å². The Bertz CT molecular complexity index is 115. The van der Waals surface area contributed by atoms with Crippen molar-refractivity contribution in [2.45, 2.75) is 26.7 Å². The molecular formula is C9H19NO. The van der Waals surface area contributed by atoms with E-state index in [1.54, 1.807) is 0 Å². The molecule has 0 aliphatic carbocycles. The summed E-state index contributed by atoms with van der Waals surface area (Å²) >= 11 is 0. The van der Waals surface area contributed by atoms with Crippen molar-refractivity contribution in [2.24, 2.45) is 17.1 Å². The third-order valence-electron chi connectivity index (χ3n) is 2.75. The average molecular weight is 157 g/mol. The van der Waals surface area contributed by atoms with Crippen molar-refractivity contribution in [3.05, 3.63) is 0 Å². The van der Waals surface area contributed by atoms with E-state index >= 15 is 0 Å². The Kier molecular flexibility index (Phi) is 2.90. The Morgan fingerprint density at radius 1 is 1.55 bits per heavy atom. The molecule has 66 valence electrons. The zero-order valence-electron chi connectivity index (χ0n) is 7.60. The summed E-state index contributed by atoms with van der Waals surface area (Å²) in [7, 11) is 0. The summed E-state index contributed by atoms with van der Waals surface area (Å²) in [5.41, 5.74) is 6.06. The third kappa shape index (κ3) is 1.94. The van der Waals surface area contributed by atoms with Crippen LogP contribution in [-0.2, 0) is 4.74 Å². The quantitative estimate of drug-likeness (QED) is 0.669. The van der Waals surface area contributed by atoms with E-state index in [1.807, 2.05) is 0 Å². The molecule has 0 aromatic heterocycles. The second-order valence-corrected chi connectivity index (χ2v) is 3.89. The summed E-state index contributed by atoms with van der Waals surface area (Å²) < 4.78 is 5.23. The maximum Gasteiger partial charge on any atom is 0.0544 e. The Balaban J connectivity index is 2.32. The van der Waals surface area contributed by atoms with Gasteiger partial charge in [0.05, 0.1) is 13.2 Å². The molecule has 1 rings (SSSR count). The predicted octanol–water partition coefficient (Wildman–Crippen LogP) is 1.40. The number of hydrogen-bond donors (Lipinski definition) is 1. The van der Waals surface area contributed by atoms with Crippen LogP contribution in [0.5, 0.6) is 0 Å². The Hall–Kier alpha value is -0.0800. The van der Waals surface area contributed by atoms with Crippen molar-refractivity contribution in [2.75, 3.05) is 19.8 Å². The number of rotatable bonds is 4. The third-order valence-corrected chi connectivity index (χ3v) is 2.75. The molecule has 0 aromatic carbocycles. The van der Waals surface area contributed by atoms with E-state index in [0.29, 0.717) is 11.3 Å². The fourth-order valence-corrected chi connectivity index (χ4v) is 1.68. The minimum absolute atomic E-state index is 0.485. The lowest BCUT2D eigenvalue weighted by Gasteiger charge is -2.42. The minimum atomic E-state index is 0.485. The molecule has 1 saturated heterocycles. The zero-order chi connectivity index (χ0) is 8.32. The molecule has 11 heavy (non-hydrogen) atoms. The lowest BCUT2D eigenvalue weighted by atomic mass is 9.76. The molecule has 0 saturated carbocycles. The van der Waals surface area contributed by atoms with E-state index in [-0.39, 0.29) is 0 Å². The lowest BCUT2D eigenvalue weighted by Crippen LogP contribution is -2.43. The van der Waals surface area contributed by atoms with E-state index in [9.17, 15) is 0 Å². The van der Waals surface area contributed by atoms with Crippen LogP contribution in [0.15, 0.2) is 0 Å². The fraction of sp³-hybridized carbons (Fsp3) is 1.00. The molecular weight excluding hydrogens is 138 g/mol. The van der Waals surface area contributed by atoms with E-state index < -0.39 is 0 Å². The Morgan fingerprint density at radius 3 is 2.45 bits per heavy atom. The van der Waals surface area contributed by atoms with Gasteiger partial charge in [0.25, 0.3) is 0 Å². The van der Waals surface area contributed by atoms with E-state index in [2.05, 4.69) is 13.8 Å². The molecule has 0 radical (unpaired) electrons. The summed E-state index contributed by atoms with van der Waals surface area (Å²) in [6.45, 7) is 7.17. The Labute approximate surface area is 69.1 Å². The van der Waals surface area contributed by atoms with E-state index in [4.69, 9.17) is 10.5 Å². The second-order valence-electron chi connectivity index (χ2n) is 3.89. The molecule has 2 nitrogen and oxygen atoms in total. The van der Waals surface area contributed by atoms with Crippen molar-refractivity contribution < 1.29 is 4.74 Å². The maximum absolute atomic E-state index is 5.57. The van der Waals surface area contributed by atoms with Crippen molar-refractivity contribution >= 4 is 0 Å². The normalized spacial score (nSPS) is 24.3. The molecule has 1 fully saturated rings. The van der Waals surface area contributed by atoms with Crippen molar-refractivity contribution in [1.82, 2.24) is 0 Å². The predicted molar refractivity (Wildman–Crippen MR) is 46.4 cm³/mol. The first-order valence-electron chi connectivity index (χ1n) is 4.50. The molecule has 1 aliphatic heterocycles. The van der Waals surface area contributed by atoms with Gasteiger partial charge in [0.15, 0.2) is 0 Å². The first kappa shape index (κ1) is 9.01. The van der Waals surface area contributed by atoms with Crippen LogP contribution in [0.1, 0.15) is 26.7 Å². The van der Waals surface area contributed by atoms with Gasteiger partial charge in [0, 0.05) is 5.41 Å². The zero-order valence-corrected chi connectivity index (χ0v) is 7.60. The SMILES string of the molecule is CCC1(CC(C)CN)COC1. The highest BCUT2D eigenvalue weighted by atomic mass is 16.5. The van der Waals surface area contributed by atoms with Gasteiger partial charge in [-0.1, -0.05) is 13.8 Å². The van der Waals surface area contributed by atoms with Crippen molar-refractivity contribution in [1.29, 1.82) is 0 Å². The highest BCUT2D eigenvalue weighted by molar-refractivity contribution is 4.85. The van der Waals surface area contributed by atoms with Crippen LogP contribution in [0.25, 0.3) is 0 Å². The number of hydrogen-bond acceptors (Lipinski definition) is 2. The van der Waals surface area contributed by atoms with Gasteiger partial charge >= 0.3 is 0 Å². The molecule has 1 heterocycles. The van der Waals surface area contributed by atoms with Gasteiger partial charge in [0.2, 0.25) is 0 Å². The van der Waals surface area contributed by atoms with Gasteiger partial charge in [-0.2, -0.15) is 0 Å². The van der Waals surface area contributed by atoms with Crippen LogP contribution >= 0.6 is 0 Å². The van der Waals surface area contributed by atoms with E-state index in [1.165, 1.54) is 12.8 Å². The Morgan fingerprint density at radius 2 is 2.18 bits per heavy atom. The molecule has 0 bridgehead atoms. The largest absolute Gasteiger partial charge is 0.380 e. The second kappa shape index (κ2) is 3.55. The van der Waals surface area contributed by atoms with Crippen LogP contribution in [0.2, 0.25) is 0 Å². The summed E-state index contributed by atoms with van der Waals surface area (Å²) in [5.74, 6) is 0.652. The monoisotopic (exact) mass is 157 g/mol. The van der Waals surface area contributed by atoms with Crippen molar-refractivity contribution in [3.8, 4) is 0 Å². The first-order chi connectivity index (χ1) is 5.22.